The van der Waals surface area contributed by atoms with Gasteiger partial charge in [-0.05, 0) is 37.1 Å². The molecule has 0 saturated carbocycles. The first-order chi connectivity index (χ1) is 15.3. The third-order valence-electron chi connectivity index (χ3n) is 5.12. The molecule has 0 unspecified atom stereocenters. The van der Waals surface area contributed by atoms with Crippen molar-refractivity contribution in [2.45, 2.75) is 20.8 Å². The van der Waals surface area contributed by atoms with Gasteiger partial charge in [0.05, 0.1) is 30.0 Å². The fourth-order valence-electron chi connectivity index (χ4n) is 3.49. The van der Waals surface area contributed by atoms with Crippen LogP contribution < -0.4 is 4.90 Å². The van der Waals surface area contributed by atoms with E-state index >= 15 is 0 Å². The fraction of sp³-hybridized carbons (Fsp3) is 0.240. The van der Waals surface area contributed by atoms with Crippen molar-refractivity contribution in [3.05, 3.63) is 75.8 Å². The molecule has 0 saturated heterocycles. The molecular weight excluding hydrogens is 422 g/mol. The largest absolute Gasteiger partial charge is 0.510 e. The maximum atomic E-state index is 12.2. The molecule has 2 heterocycles. The van der Waals surface area contributed by atoms with Crippen LogP contribution in [0.2, 0.25) is 0 Å². The van der Waals surface area contributed by atoms with Crippen LogP contribution in [0.3, 0.4) is 0 Å². The van der Waals surface area contributed by atoms with E-state index in [-0.39, 0.29) is 30.0 Å². The Balaban J connectivity index is 1.54. The second kappa shape index (κ2) is 8.96. The number of carbonyl (C=O) groups is 1. The highest BCUT2D eigenvalue weighted by atomic mass is 32.1. The molecular formula is C25H25N3O3S. The van der Waals surface area contributed by atoms with Crippen LogP contribution in [-0.2, 0) is 4.74 Å². The van der Waals surface area contributed by atoms with Crippen molar-refractivity contribution in [3.8, 4) is 11.3 Å². The third kappa shape index (κ3) is 4.29. The first kappa shape index (κ1) is 21.8. The number of hydrogen-bond donors (Lipinski definition) is 2. The number of aliphatic hydroxyl groups excluding tert-OH is 1. The molecule has 4 rings (SSSR count). The normalized spacial score (nSPS) is 13.9. The molecule has 0 atom stereocenters. The molecule has 6 nitrogen and oxygen atoms in total. The molecule has 2 N–H and O–H groups in total. The van der Waals surface area contributed by atoms with Crippen LogP contribution in [0, 0.1) is 18.3 Å². The van der Waals surface area contributed by atoms with Crippen LogP contribution >= 0.6 is 11.3 Å². The topological polar surface area (TPSA) is 86.5 Å². The summed E-state index contributed by atoms with van der Waals surface area (Å²) in [4.78, 5) is 19.6. The highest BCUT2D eigenvalue weighted by molar-refractivity contribution is 7.13. The number of thiazole rings is 1. The van der Waals surface area contributed by atoms with Crippen molar-refractivity contribution in [1.29, 1.82) is 5.41 Å². The predicted molar refractivity (Wildman–Crippen MR) is 128 cm³/mol. The summed E-state index contributed by atoms with van der Waals surface area (Å²) in [6, 6.07) is 16.8. The molecule has 0 fully saturated rings. The van der Waals surface area contributed by atoms with Crippen LogP contribution in [0.5, 0.6) is 0 Å². The molecule has 164 valence electrons. The molecule has 0 amide bonds. The van der Waals surface area contributed by atoms with Gasteiger partial charge in [0.1, 0.15) is 16.6 Å². The average molecular weight is 448 g/mol. The number of amidine groups is 1. The summed E-state index contributed by atoms with van der Waals surface area (Å²) in [6.07, 6.45) is 0. The summed E-state index contributed by atoms with van der Waals surface area (Å²) in [7, 11) is 0. The van der Waals surface area contributed by atoms with Gasteiger partial charge in [-0.15, -0.1) is 11.3 Å². The summed E-state index contributed by atoms with van der Waals surface area (Å²) >= 11 is 1.47. The Labute approximate surface area is 191 Å². The molecule has 7 heteroatoms. The van der Waals surface area contributed by atoms with E-state index in [2.05, 4.69) is 0 Å². The summed E-state index contributed by atoms with van der Waals surface area (Å²) in [5.74, 6) is 0.206. The van der Waals surface area contributed by atoms with Crippen molar-refractivity contribution >= 4 is 34.4 Å². The lowest BCUT2D eigenvalue weighted by atomic mass is 10.1. The summed E-state index contributed by atoms with van der Waals surface area (Å²) in [5, 5.41) is 20.0. The standard InChI is InChI=1S/C25H25N3O3S/c1-15(2)14-31-25(30)18-9-11-19(12-10-18)28-13-20(29)21(23(28)26)24-27-22(16(3)32-24)17-7-5-4-6-8-17/h4-12,15,26,29H,13-14H2,1-3H3. The van der Waals surface area contributed by atoms with Crippen LogP contribution in [-0.4, -0.2) is 35.0 Å². The second-order valence-corrected chi connectivity index (χ2v) is 9.29. The molecule has 1 aliphatic heterocycles. The molecule has 2 aromatic carbocycles. The van der Waals surface area contributed by atoms with Gasteiger partial charge in [0.2, 0.25) is 0 Å². The minimum absolute atomic E-state index is 0.115. The minimum atomic E-state index is -0.366. The molecule has 32 heavy (non-hydrogen) atoms. The number of aryl methyl sites for hydroxylation is 1. The van der Waals surface area contributed by atoms with Crippen LogP contribution in [0.1, 0.15) is 34.1 Å². The number of benzene rings is 2. The van der Waals surface area contributed by atoms with E-state index in [1.165, 1.54) is 11.3 Å². The quantitative estimate of drug-likeness (QED) is 0.474. The van der Waals surface area contributed by atoms with Gasteiger partial charge in [-0.2, -0.15) is 0 Å². The zero-order valence-corrected chi connectivity index (χ0v) is 19.1. The third-order valence-corrected chi connectivity index (χ3v) is 6.11. The lowest BCUT2D eigenvalue weighted by Gasteiger charge is -2.19. The van der Waals surface area contributed by atoms with Gasteiger partial charge in [-0.1, -0.05) is 44.2 Å². The molecule has 0 aliphatic carbocycles. The van der Waals surface area contributed by atoms with E-state index < -0.39 is 0 Å². The number of rotatable bonds is 6. The van der Waals surface area contributed by atoms with Crippen molar-refractivity contribution in [1.82, 2.24) is 4.98 Å². The summed E-state index contributed by atoms with van der Waals surface area (Å²) in [6.45, 7) is 6.52. The first-order valence-electron chi connectivity index (χ1n) is 10.4. The Bertz CT molecular complexity index is 1180. The monoisotopic (exact) mass is 447 g/mol. The predicted octanol–water partition coefficient (Wildman–Crippen LogP) is 5.70. The van der Waals surface area contributed by atoms with Gasteiger partial charge >= 0.3 is 5.97 Å². The lowest BCUT2D eigenvalue weighted by Crippen LogP contribution is -2.26. The maximum Gasteiger partial charge on any atom is 0.338 e. The van der Waals surface area contributed by atoms with Gasteiger partial charge in [0.25, 0.3) is 0 Å². The highest BCUT2D eigenvalue weighted by Crippen LogP contribution is 2.36. The number of anilines is 1. The number of nitrogens with zero attached hydrogens (tertiary/aromatic N) is 2. The zero-order chi connectivity index (χ0) is 22.8. The Hall–Kier alpha value is -3.45. The minimum Gasteiger partial charge on any atom is -0.510 e. The summed E-state index contributed by atoms with van der Waals surface area (Å²) < 4.78 is 5.27. The molecule has 3 aromatic rings. The van der Waals surface area contributed by atoms with Crippen molar-refractivity contribution in [3.63, 3.8) is 0 Å². The Kier molecular flexibility index (Phi) is 6.10. The molecule has 0 spiro atoms. The maximum absolute atomic E-state index is 12.2. The van der Waals surface area contributed by atoms with Crippen molar-refractivity contribution in [2.75, 3.05) is 18.1 Å². The number of aromatic nitrogens is 1. The molecule has 1 aliphatic rings. The zero-order valence-electron chi connectivity index (χ0n) is 18.3. The molecule has 1 aromatic heterocycles. The SMILES string of the molecule is Cc1sc(C2=C(O)CN(c3ccc(C(=O)OCC(C)C)cc3)C2=N)nc1-c1ccccc1. The number of aliphatic hydroxyl groups is 1. The van der Waals surface area contributed by atoms with E-state index in [0.717, 1.165) is 16.1 Å². The van der Waals surface area contributed by atoms with E-state index in [0.29, 0.717) is 28.4 Å². The highest BCUT2D eigenvalue weighted by Gasteiger charge is 2.32. The molecule has 0 radical (unpaired) electrons. The average Bonchev–Trinajstić information content (AvgIpc) is 3.31. The van der Waals surface area contributed by atoms with Gasteiger partial charge in [-0.3, -0.25) is 5.41 Å². The fourth-order valence-corrected chi connectivity index (χ4v) is 4.50. The van der Waals surface area contributed by atoms with Crippen molar-refractivity contribution in [2.24, 2.45) is 5.92 Å². The Morgan fingerprint density at radius 2 is 1.88 bits per heavy atom. The number of hydrogen-bond acceptors (Lipinski definition) is 6. The van der Waals surface area contributed by atoms with E-state index in [1.54, 1.807) is 29.2 Å². The van der Waals surface area contributed by atoms with Gasteiger partial charge in [-0.25, -0.2) is 9.78 Å². The second-order valence-electron chi connectivity index (χ2n) is 8.09. The van der Waals surface area contributed by atoms with E-state index in [9.17, 15) is 9.90 Å². The number of ether oxygens (including phenoxy) is 1. The van der Waals surface area contributed by atoms with Gasteiger partial charge < -0.3 is 14.7 Å². The van der Waals surface area contributed by atoms with Crippen LogP contribution in [0.4, 0.5) is 5.69 Å². The van der Waals surface area contributed by atoms with Gasteiger partial charge in [0.15, 0.2) is 0 Å². The number of nitrogens with one attached hydrogen (secondary N) is 1. The summed E-state index contributed by atoms with van der Waals surface area (Å²) in [5.41, 5.74) is 3.49. The van der Waals surface area contributed by atoms with E-state index in [4.69, 9.17) is 15.1 Å². The number of carbonyl (C=O) groups excluding carboxylic acids is 1. The smallest absolute Gasteiger partial charge is 0.338 e. The van der Waals surface area contributed by atoms with Gasteiger partial charge in [0, 0.05) is 16.1 Å². The van der Waals surface area contributed by atoms with Crippen molar-refractivity contribution < 1.29 is 14.6 Å². The lowest BCUT2D eigenvalue weighted by molar-refractivity contribution is 0.0459. The Morgan fingerprint density at radius 3 is 2.53 bits per heavy atom. The van der Waals surface area contributed by atoms with E-state index in [1.807, 2.05) is 51.1 Å². The first-order valence-corrected chi connectivity index (χ1v) is 11.3. The van der Waals surface area contributed by atoms with Crippen LogP contribution in [0.15, 0.2) is 60.4 Å². The number of esters is 1. The molecule has 0 bridgehead atoms. The Morgan fingerprint density at radius 1 is 1.19 bits per heavy atom. The van der Waals surface area contributed by atoms with Crippen LogP contribution in [0.25, 0.3) is 16.8 Å².